The fourth-order valence-corrected chi connectivity index (χ4v) is 3.18. The quantitative estimate of drug-likeness (QED) is 0.910. The van der Waals surface area contributed by atoms with Crippen LogP contribution < -0.4 is 4.74 Å². The van der Waals surface area contributed by atoms with E-state index in [1.54, 1.807) is 35.2 Å². The van der Waals surface area contributed by atoms with Crippen molar-refractivity contribution in [3.05, 3.63) is 58.9 Å². The molecule has 1 N–H and O–H groups in total. The van der Waals surface area contributed by atoms with Crippen LogP contribution in [0.25, 0.3) is 0 Å². The first-order chi connectivity index (χ1) is 12.0. The van der Waals surface area contributed by atoms with Crippen LogP contribution in [0.1, 0.15) is 29.0 Å². The number of carbonyl (C=O) groups is 1. The van der Waals surface area contributed by atoms with E-state index in [1.165, 1.54) is 0 Å². The van der Waals surface area contributed by atoms with Crippen molar-refractivity contribution in [2.75, 3.05) is 19.7 Å². The van der Waals surface area contributed by atoms with Crippen molar-refractivity contribution in [2.45, 2.75) is 25.4 Å². The van der Waals surface area contributed by atoms with Crippen LogP contribution in [0.3, 0.4) is 0 Å². The Hall–Kier alpha value is -2.11. The molecule has 25 heavy (non-hydrogen) atoms. The largest absolute Gasteiger partial charge is 0.490 e. The molecule has 1 aliphatic rings. The second-order valence-corrected chi connectivity index (χ2v) is 6.90. The van der Waals surface area contributed by atoms with Gasteiger partial charge in [0.15, 0.2) is 0 Å². The summed E-state index contributed by atoms with van der Waals surface area (Å²) >= 11 is 5.94. The Morgan fingerprint density at radius 3 is 2.92 bits per heavy atom. The Bertz CT molecular complexity index is 768. The number of hydrogen-bond acceptors (Lipinski definition) is 4. The maximum atomic E-state index is 12.7. The van der Waals surface area contributed by atoms with Crippen LogP contribution in [0.5, 0.6) is 5.75 Å². The topological polar surface area (TPSA) is 62.7 Å². The number of piperidine rings is 1. The van der Waals surface area contributed by atoms with Gasteiger partial charge in [0.2, 0.25) is 0 Å². The Balaban J connectivity index is 1.66. The summed E-state index contributed by atoms with van der Waals surface area (Å²) in [4.78, 5) is 18.6. The number of likely N-dealkylation sites (tertiary alicyclic amines) is 1. The molecule has 1 aromatic carbocycles. The number of pyridine rings is 1. The Kier molecular flexibility index (Phi) is 5.25. The minimum atomic E-state index is -1.08. The molecule has 0 bridgehead atoms. The lowest BCUT2D eigenvalue weighted by atomic mass is 9.93. The minimum Gasteiger partial charge on any atom is -0.490 e. The summed E-state index contributed by atoms with van der Waals surface area (Å²) in [5, 5.41) is 11.4. The van der Waals surface area contributed by atoms with Crippen molar-refractivity contribution in [1.82, 2.24) is 9.88 Å². The molecule has 2 aromatic rings. The average molecular weight is 361 g/mol. The predicted molar refractivity (Wildman–Crippen MR) is 96.0 cm³/mol. The molecule has 132 valence electrons. The van der Waals surface area contributed by atoms with Crippen LogP contribution in [-0.4, -0.2) is 46.2 Å². The number of β-amino-alcohol motifs (C(OH)–C–C–N with tert-alkyl or cyclic N) is 1. The maximum Gasteiger partial charge on any atom is 0.272 e. The number of rotatable bonds is 4. The number of hydrogen-bond donors (Lipinski definition) is 1. The van der Waals surface area contributed by atoms with Crippen LogP contribution in [0.2, 0.25) is 5.02 Å². The minimum absolute atomic E-state index is 0.109. The van der Waals surface area contributed by atoms with E-state index in [9.17, 15) is 9.90 Å². The zero-order valence-corrected chi connectivity index (χ0v) is 14.9. The van der Waals surface area contributed by atoms with Gasteiger partial charge in [-0.2, -0.15) is 0 Å². The molecular weight excluding hydrogens is 340 g/mol. The average Bonchev–Trinajstić information content (AvgIpc) is 2.60. The van der Waals surface area contributed by atoms with Gasteiger partial charge in [-0.25, -0.2) is 4.98 Å². The van der Waals surface area contributed by atoms with E-state index in [0.717, 1.165) is 5.69 Å². The number of benzene rings is 1. The molecule has 1 saturated heterocycles. The summed E-state index contributed by atoms with van der Waals surface area (Å²) in [6.07, 6.45) is 1.30. The molecule has 0 saturated carbocycles. The molecule has 1 aromatic heterocycles. The maximum absolute atomic E-state index is 12.7. The van der Waals surface area contributed by atoms with Gasteiger partial charge in [0.1, 0.15) is 23.7 Å². The SMILES string of the molecule is Cc1cccc(C(=O)N2CCCC(O)(COc3cccc(Cl)c3)C2)n1. The van der Waals surface area contributed by atoms with E-state index in [2.05, 4.69) is 4.98 Å². The molecule has 1 fully saturated rings. The molecule has 5 nitrogen and oxygen atoms in total. The van der Waals surface area contributed by atoms with Gasteiger partial charge < -0.3 is 14.7 Å². The molecule has 0 aliphatic carbocycles. The highest BCUT2D eigenvalue weighted by Crippen LogP contribution is 2.25. The summed E-state index contributed by atoms with van der Waals surface area (Å²) in [7, 11) is 0. The number of halogens is 1. The molecule has 1 atom stereocenters. The summed E-state index contributed by atoms with van der Waals surface area (Å²) < 4.78 is 5.69. The first kappa shape index (κ1) is 17.7. The lowest BCUT2D eigenvalue weighted by Gasteiger charge is -2.38. The summed E-state index contributed by atoms with van der Waals surface area (Å²) in [5.74, 6) is 0.439. The third kappa shape index (κ3) is 4.50. The molecule has 2 heterocycles. The normalized spacial score (nSPS) is 20.4. The highest BCUT2D eigenvalue weighted by molar-refractivity contribution is 6.30. The van der Waals surface area contributed by atoms with Gasteiger partial charge in [-0.1, -0.05) is 23.7 Å². The van der Waals surface area contributed by atoms with Crippen molar-refractivity contribution in [3.63, 3.8) is 0 Å². The van der Waals surface area contributed by atoms with Crippen molar-refractivity contribution < 1.29 is 14.6 Å². The molecule has 6 heteroatoms. The van der Waals surface area contributed by atoms with Crippen molar-refractivity contribution in [2.24, 2.45) is 0 Å². The van der Waals surface area contributed by atoms with E-state index in [4.69, 9.17) is 16.3 Å². The van der Waals surface area contributed by atoms with Crippen LogP contribution in [0.15, 0.2) is 42.5 Å². The zero-order valence-electron chi connectivity index (χ0n) is 14.1. The fourth-order valence-electron chi connectivity index (χ4n) is 3.00. The van der Waals surface area contributed by atoms with Gasteiger partial charge >= 0.3 is 0 Å². The third-order valence-corrected chi connectivity index (χ3v) is 4.49. The molecule has 1 unspecified atom stereocenters. The molecule has 0 spiro atoms. The lowest BCUT2D eigenvalue weighted by Crippen LogP contribution is -2.53. The summed E-state index contributed by atoms with van der Waals surface area (Å²) in [6, 6.07) is 12.4. The van der Waals surface area contributed by atoms with Gasteiger partial charge in [0, 0.05) is 17.3 Å². The number of ether oxygens (including phenoxy) is 1. The van der Waals surface area contributed by atoms with E-state index in [0.29, 0.717) is 35.9 Å². The highest BCUT2D eigenvalue weighted by Gasteiger charge is 2.36. The van der Waals surface area contributed by atoms with Gasteiger partial charge in [-0.15, -0.1) is 0 Å². The number of aromatic nitrogens is 1. The van der Waals surface area contributed by atoms with Gasteiger partial charge in [-0.3, -0.25) is 4.79 Å². The summed E-state index contributed by atoms with van der Waals surface area (Å²) in [5.41, 5.74) is 0.113. The van der Waals surface area contributed by atoms with Crippen LogP contribution in [0.4, 0.5) is 0 Å². The first-order valence-electron chi connectivity index (χ1n) is 8.29. The van der Waals surface area contributed by atoms with Gasteiger partial charge in [0.05, 0.1) is 6.54 Å². The second-order valence-electron chi connectivity index (χ2n) is 6.46. The molecule has 1 aliphatic heterocycles. The number of aryl methyl sites for hydroxylation is 1. The van der Waals surface area contributed by atoms with E-state index < -0.39 is 5.60 Å². The number of aliphatic hydroxyl groups is 1. The molecule has 0 radical (unpaired) electrons. The van der Waals surface area contributed by atoms with Crippen molar-refractivity contribution >= 4 is 17.5 Å². The zero-order chi connectivity index (χ0) is 17.9. The Labute approximate surface area is 152 Å². The number of carbonyl (C=O) groups excluding carboxylic acids is 1. The van der Waals surface area contributed by atoms with Crippen molar-refractivity contribution in [1.29, 1.82) is 0 Å². The van der Waals surface area contributed by atoms with Crippen molar-refractivity contribution in [3.8, 4) is 5.75 Å². The number of amides is 1. The van der Waals surface area contributed by atoms with Crippen LogP contribution >= 0.6 is 11.6 Å². The smallest absolute Gasteiger partial charge is 0.272 e. The fraction of sp³-hybridized carbons (Fsp3) is 0.368. The highest BCUT2D eigenvalue weighted by atomic mass is 35.5. The molecular formula is C19H21ClN2O3. The lowest BCUT2D eigenvalue weighted by molar-refractivity contribution is -0.0533. The molecule has 1 amide bonds. The van der Waals surface area contributed by atoms with Gasteiger partial charge in [0.25, 0.3) is 5.91 Å². The molecule has 3 rings (SSSR count). The van der Waals surface area contributed by atoms with Crippen LogP contribution in [-0.2, 0) is 0 Å². The number of nitrogens with zero attached hydrogens (tertiary/aromatic N) is 2. The predicted octanol–water partition coefficient (Wildman–Crippen LogP) is 3.09. The Morgan fingerprint density at radius 2 is 2.16 bits per heavy atom. The van der Waals surface area contributed by atoms with E-state index in [-0.39, 0.29) is 19.1 Å². The van der Waals surface area contributed by atoms with E-state index in [1.807, 2.05) is 19.1 Å². The second kappa shape index (κ2) is 7.42. The van der Waals surface area contributed by atoms with E-state index >= 15 is 0 Å². The monoisotopic (exact) mass is 360 g/mol. The first-order valence-corrected chi connectivity index (χ1v) is 8.67. The third-order valence-electron chi connectivity index (χ3n) is 4.25. The van der Waals surface area contributed by atoms with Gasteiger partial charge in [-0.05, 0) is 50.1 Å². The Morgan fingerprint density at radius 1 is 1.36 bits per heavy atom. The van der Waals surface area contributed by atoms with Crippen LogP contribution in [0, 0.1) is 6.92 Å². The standard InChI is InChI=1S/C19H21ClN2O3/c1-14-5-2-8-17(21-14)18(23)22-10-4-9-19(24,12-22)13-25-16-7-3-6-15(20)11-16/h2-3,5-8,11,24H,4,9-10,12-13H2,1H3. The summed E-state index contributed by atoms with van der Waals surface area (Å²) in [6.45, 7) is 2.79.